The van der Waals surface area contributed by atoms with Crippen LogP contribution in [0.25, 0.3) is 0 Å². The minimum atomic E-state index is -2.47. The van der Waals surface area contributed by atoms with Gasteiger partial charge in [-0.3, -0.25) is 0 Å². The molecular weight excluding hydrogens is 377 g/mol. The van der Waals surface area contributed by atoms with Crippen LogP contribution < -0.4 is 5.32 Å². The van der Waals surface area contributed by atoms with Crippen molar-refractivity contribution >= 4 is 14.4 Å². The number of alkyl carbamates (subject to hydrolysis) is 1. The minimum absolute atomic E-state index is 0.111. The molecule has 7 heteroatoms. The van der Waals surface area contributed by atoms with Gasteiger partial charge in [-0.1, -0.05) is 26.0 Å². The molecule has 28 heavy (non-hydrogen) atoms. The number of amides is 1. The normalized spacial score (nSPS) is 15.1. The van der Waals surface area contributed by atoms with Gasteiger partial charge in [-0.25, -0.2) is 9.18 Å². The molecule has 3 N–H and O–H groups in total. The number of ether oxygens (including phenoxy) is 1. The van der Waals surface area contributed by atoms with Gasteiger partial charge in [0.25, 0.3) is 0 Å². The summed E-state index contributed by atoms with van der Waals surface area (Å²) < 4.78 is 18.8. The first-order chi connectivity index (χ1) is 12.6. The van der Waals surface area contributed by atoms with Gasteiger partial charge in [-0.2, -0.15) is 0 Å². The van der Waals surface area contributed by atoms with E-state index in [1.165, 1.54) is 12.1 Å². The van der Waals surface area contributed by atoms with E-state index in [-0.39, 0.29) is 11.0 Å². The Balaban J connectivity index is 2.89. The number of hydrogen-bond donors (Lipinski definition) is 3. The average molecular weight is 414 g/mol. The van der Waals surface area contributed by atoms with E-state index >= 15 is 0 Å². The lowest BCUT2D eigenvalue weighted by Crippen LogP contribution is -2.42. The number of benzene rings is 1. The van der Waals surface area contributed by atoms with Crippen molar-refractivity contribution in [2.75, 3.05) is 6.54 Å². The number of aliphatic hydroxyl groups is 1. The first-order valence-electron chi connectivity index (χ1n) is 9.73. The highest BCUT2D eigenvalue weighted by Gasteiger charge is 2.40. The van der Waals surface area contributed by atoms with Crippen molar-refractivity contribution < 1.29 is 23.8 Å². The van der Waals surface area contributed by atoms with E-state index in [1.54, 1.807) is 32.9 Å². The molecule has 1 amide bonds. The quantitative estimate of drug-likeness (QED) is 0.537. The van der Waals surface area contributed by atoms with Gasteiger partial charge in [0.05, 0.1) is 6.10 Å². The summed E-state index contributed by atoms with van der Waals surface area (Å²) in [7, 11) is -2.47. The number of rotatable bonds is 8. The van der Waals surface area contributed by atoms with Crippen molar-refractivity contribution in [3.05, 3.63) is 35.6 Å². The molecule has 0 aromatic heterocycles. The Morgan fingerprint density at radius 1 is 1.25 bits per heavy atom. The van der Waals surface area contributed by atoms with Gasteiger partial charge in [-0.05, 0) is 75.4 Å². The fourth-order valence-corrected chi connectivity index (χ4v) is 3.71. The van der Waals surface area contributed by atoms with Gasteiger partial charge in [-0.15, -0.1) is 0 Å². The maximum Gasteiger partial charge on any atom is 0.407 e. The van der Waals surface area contributed by atoms with Crippen LogP contribution in [0, 0.1) is 11.7 Å². The first-order valence-corrected chi connectivity index (χ1v) is 12.7. The molecule has 2 atom stereocenters. The van der Waals surface area contributed by atoms with Crippen LogP contribution in [-0.4, -0.2) is 36.5 Å². The van der Waals surface area contributed by atoms with Crippen molar-refractivity contribution in [3.63, 3.8) is 0 Å². The third-order valence-electron chi connectivity index (χ3n) is 5.18. The number of halogens is 1. The second kappa shape index (κ2) is 9.37. The van der Waals surface area contributed by atoms with Crippen LogP contribution in [0.15, 0.2) is 24.3 Å². The number of aliphatic hydroxyl groups excluding tert-OH is 1. The second-order valence-electron chi connectivity index (χ2n) is 9.70. The van der Waals surface area contributed by atoms with E-state index in [0.717, 1.165) is 0 Å². The maximum atomic E-state index is 13.5. The lowest BCUT2D eigenvalue weighted by molar-refractivity contribution is 0.0505. The maximum absolute atomic E-state index is 13.5. The zero-order chi connectivity index (χ0) is 21.8. The van der Waals surface area contributed by atoms with Crippen molar-refractivity contribution in [3.8, 4) is 0 Å². The van der Waals surface area contributed by atoms with Gasteiger partial charge in [0.15, 0.2) is 8.32 Å². The van der Waals surface area contributed by atoms with Gasteiger partial charge in [0.2, 0.25) is 0 Å². The van der Waals surface area contributed by atoms with Gasteiger partial charge in [0.1, 0.15) is 11.4 Å². The predicted octanol–water partition coefficient (Wildman–Crippen LogP) is 4.76. The smallest absolute Gasteiger partial charge is 0.407 e. The molecule has 1 aromatic carbocycles. The monoisotopic (exact) mass is 413 g/mol. The van der Waals surface area contributed by atoms with E-state index in [2.05, 4.69) is 5.32 Å². The molecular formula is C21H36FNO4Si. The Labute approximate surface area is 169 Å². The molecule has 0 spiro atoms. The van der Waals surface area contributed by atoms with E-state index in [4.69, 9.17) is 4.74 Å². The van der Waals surface area contributed by atoms with E-state index < -0.39 is 31.9 Å². The summed E-state index contributed by atoms with van der Waals surface area (Å²) in [5.41, 5.74) is -0.0968. The molecule has 0 fully saturated rings. The average Bonchev–Trinajstić information content (AvgIpc) is 2.49. The summed E-state index contributed by atoms with van der Waals surface area (Å²) in [4.78, 5) is 22.7. The Morgan fingerprint density at radius 2 is 1.86 bits per heavy atom. The molecule has 0 saturated carbocycles. The van der Waals surface area contributed by atoms with Gasteiger partial charge in [0, 0.05) is 6.54 Å². The highest BCUT2D eigenvalue weighted by molar-refractivity contribution is 6.72. The molecule has 0 saturated heterocycles. The van der Waals surface area contributed by atoms with Crippen LogP contribution in [0.1, 0.15) is 59.1 Å². The van der Waals surface area contributed by atoms with Crippen LogP contribution >= 0.6 is 0 Å². The lowest BCUT2D eigenvalue weighted by Gasteiger charge is -2.38. The molecule has 1 unspecified atom stereocenters. The molecule has 160 valence electrons. The highest BCUT2D eigenvalue weighted by Crippen LogP contribution is 2.43. The van der Waals surface area contributed by atoms with Crippen molar-refractivity contribution in [2.45, 2.75) is 77.3 Å². The molecule has 0 aliphatic carbocycles. The Morgan fingerprint density at radius 3 is 2.36 bits per heavy atom. The fourth-order valence-electron chi connectivity index (χ4n) is 2.92. The number of nitrogens with one attached hydrogen (secondary N) is 1. The third-order valence-corrected chi connectivity index (χ3v) is 8.70. The molecule has 0 bridgehead atoms. The van der Waals surface area contributed by atoms with Crippen LogP contribution in [0.3, 0.4) is 0 Å². The summed E-state index contributed by atoms with van der Waals surface area (Å²) in [6.45, 7) is 13.5. The van der Waals surface area contributed by atoms with Crippen LogP contribution in [0.4, 0.5) is 9.18 Å². The lowest BCUT2D eigenvalue weighted by atomic mass is 9.89. The summed E-state index contributed by atoms with van der Waals surface area (Å²) in [5.74, 6) is -0.510. The summed E-state index contributed by atoms with van der Waals surface area (Å²) in [6.07, 6.45) is -0.422. The summed E-state index contributed by atoms with van der Waals surface area (Å²) >= 11 is 0. The molecule has 1 aromatic rings. The predicted molar refractivity (Wildman–Crippen MR) is 112 cm³/mol. The molecule has 0 aliphatic heterocycles. The number of hydrogen-bond acceptors (Lipinski definition) is 4. The third kappa shape index (κ3) is 8.28. The van der Waals surface area contributed by atoms with Crippen molar-refractivity contribution in [1.82, 2.24) is 5.32 Å². The SMILES string of the molecule is CC(C)(C)OC(=O)NC[C@@H](CC(O)c1cccc(F)c1)CC(C)(C)[Si](C)(C)O. The molecule has 0 aliphatic rings. The zero-order valence-corrected chi connectivity index (χ0v) is 19.2. The van der Waals surface area contributed by atoms with E-state index in [1.807, 2.05) is 26.9 Å². The Bertz CT molecular complexity index is 653. The second-order valence-corrected chi connectivity index (χ2v) is 14.2. The number of carbonyl (C=O) groups is 1. The zero-order valence-electron chi connectivity index (χ0n) is 18.2. The van der Waals surface area contributed by atoms with Gasteiger partial charge < -0.3 is 20.0 Å². The molecule has 0 heterocycles. The van der Waals surface area contributed by atoms with E-state index in [9.17, 15) is 19.1 Å². The first kappa shape index (κ1) is 24.6. The van der Waals surface area contributed by atoms with Crippen LogP contribution in [0.2, 0.25) is 18.1 Å². The fraction of sp³-hybridized carbons (Fsp3) is 0.667. The standard InChI is InChI=1S/C21H36FNO4Si/c1-20(2,3)27-19(25)23-14-15(13-21(4,5)28(6,7)26)11-18(24)16-9-8-10-17(22)12-16/h8-10,12,15,18,24,26H,11,13-14H2,1-7H3,(H,23,25)/t15-,18?/m0/s1. The Hall–Kier alpha value is -1.44. The number of carbonyl (C=O) groups excluding carboxylic acids is 1. The largest absolute Gasteiger partial charge is 0.444 e. The van der Waals surface area contributed by atoms with Crippen LogP contribution in [0.5, 0.6) is 0 Å². The van der Waals surface area contributed by atoms with E-state index in [0.29, 0.717) is 24.9 Å². The highest BCUT2D eigenvalue weighted by atomic mass is 28.4. The van der Waals surface area contributed by atoms with Gasteiger partial charge >= 0.3 is 6.09 Å². The Kier molecular flexibility index (Phi) is 8.23. The summed E-state index contributed by atoms with van der Waals surface area (Å²) in [6, 6.07) is 5.90. The molecule has 0 radical (unpaired) electrons. The van der Waals surface area contributed by atoms with Crippen LogP contribution in [-0.2, 0) is 4.74 Å². The summed E-state index contributed by atoms with van der Waals surface area (Å²) in [5, 5.41) is 13.0. The van der Waals surface area contributed by atoms with Crippen molar-refractivity contribution in [2.24, 2.45) is 5.92 Å². The molecule has 5 nitrogen and oxygen atoms in total. The topological polar surface area (TPSA) is 78.8 Å². The van der Waals surface area contributed by atoms with Crippen molar-refractivity contribution in [1.29, 1.82) is 0 Å². The minimum Gasteiger partial charge on any atom is -0.444 e. The molecule has 1 rings (SSSR count).